The van der Waals surface area contributed by atoms with E-state index in [1.807, 2.05) is 0 Å². The quantitative estimate of drug-likeness (QED) is 0.281. The number of rotatable bonds is 5. The Hall–Kier alpha value is -0.530. The second kappa shape index (κ2) is 5.18. The maximum atomic E-state index is 10.3. The zero-order valence-electron chi connectivity index (χ0n) is 7.29. The first kappa shape index (κ1) is 9.56. The zero-order valence-corrected chi connectivity index (χ0v) is 6.29. The smallest absolute Gasteiger partial charge is 0.139 e. The van der Waals surface area contributed by atoms with Crippen LogP contribution >= 0.6 is 0 Å². The summed E-state index contributed by atoms with van der Waals surface area (Å²) in [6, 6.07) is -1.59. The van der Waals surface area contributed by atoms with Gasteiger partial charge in [0, 0.05) is 0 Å². The van der Waals surface area contributed by atoms with Gasteiger partial charge in [0.2, 0.25) is 0 Å². The van der Waals surface area contributed by atoms with E-state index in [-0.39, 0.29) is 0 Å². The minimum atomic E-state index is -1.76. The SMILES string of the molecule is [2H]C(=O)[C@H](N)[C@@H](O)[C@H](O)[C@H](O)CO. The van der Waals surface area contributed by atoms with Gasteiger partial charge in [0.25, 0.3) is 0 Å². The Balaban J connectivity index is 4.24. The molecule has 6 N–H and O–H groups in total. The van der Waals surface area contributed by atoms with Crippen LogP contribution in [0.4, 0.5) is 0 Å². The molecule has 0 radical (unpaired) electrons. The van der Waals surface area contributed by atoms with E-state index in [4.69, 9.17) is 27.5 Å². The highest BCUT2D eigenvalue weighted by Gasteiger charge is 2.28. The van der Waals surface area contributed by atoms with Crippen molar-refractivity contribution >= 4 is 6.26 Å². The standard InChI is InChI=1S/C6H13NO5/c7-3(1-8)5(11)6(12)4(10)2-9/h1,3-6,9-12H,2,7H2/t3-,4+,5+,6+/m0/s1/i1D. The molecule has 0 aliphatic heterocycles. The molecule has 0 fully saturated rings. The van der Waals surface area contributed by atoms with Crippen LogP contribution in [0.3, 0.4) is 0 Å². The van der Waals surface area contributed by atoms with Gasteiger partial charge < -0.3 is 31.0 Å². The highest BCUT2D eigenvalue weighted by atomic mass is 16.4. The van der Waals surface area contributed by atoms with Crippen LogP contribution in [-0.4, -0.2) is 57.6 Å². The summed E-state index contributed by atoms with van der Waals surface area (Å²) in [5, 5.41) is 35.3. The molecule has 0 aliphatic rings. The fourth-order valence-electron chi connectivity index (χ4n) is 0.618. The fourth-order valence-corrected chi connectivity index (χ4v) is 0.618. The second-order valence-corrected chi connectivity index (χ2v) is 2.37. The lowest BCUT2D eigenvalue weighted by atomic mass is 10.0. The Morgan fingerprint density at radius 2 is 1.92 bits per heavy atom. The number of carbonyl (C=O) groups excluding carboxylic acids is 1. The maximum Gasteiger partial charge on any atom is 0.139 e. The molecule has 6 heteroatoms. The molecule has 0 bridgehead atoms. The Kier molecular flexibility index (Phi) is 4.12. The first-order valence-corrected chi connectivity index (χ1v) is 3.33. The first-order valence-electron chi connectivity index (χ1n) is 3.83. The van der Waals surface area contributed by atoms with Gasteiger partial charge in [0.1, 0.15) is 25.9 Å². The summed E-state index contributed by atoms with van der Waals surface area (Å²) < 4.78 is 6.53. The van der Waals surface area contributed by atoms with E-state index in [0.29, 0.717) is 0 Å². The predicted octanol–water partition coefficient (Wildman–Crippen LogP) is -3.41. The van der Waals surface area contributed by atoms with Crippen LogP contribution in [-0.2, 0) is 4.79 Å². The van der Waals surface area contributed by atoms with Crippen molar-refractivity contribution in [3.63, 3.8) is 0 Å². The molecule has 0 saturated heterocycles. The molecule has 72 valence electrons. The normalized spacial score (nSPS) is 22.2. The fraction of sp³-hybridized carbons (Fsp3) is 0.833. The molecule has 0 spiro atoms. The van der Waals surface area contributed by atoms with Crippen molar-refractivity contribution in [1.82, 2.24) is 0 Å². The van der Waals surface area contributed by atoms with Gasteiger partial charge in [-0.15, -0.1) is 0 Å². The molecule has 0 aromatic carbocycles. The van der Waals surface area contributed by atoms with E-state index in [0.717, 1.165) is 0 Å². The van der Waals surface area contributed by atoms with Crippen molar-refractivity contribution in [2.75, 3.05) is 6.61 Å². The zero-order chi connectivity index (χ0) is 10.6. The van der Waals surface area contributed by atoms with Crippen LogP contribution in [0, 0.1) is 0 Å². The van der Waals surface area contributed by atoms with E-state index >= 15 is 0 Å². The van der Waals surface area contributed by atoms with Crippen molar-refractivity contribution in [2.45, 2.75) is 24.4 Å². The van der Waals surface area contributed by atoms with E-state index < -0.39 is 37.2 Å². The molecule has 0 amide bonds. The Bertz CT molecular complexity index is 178. The topological polar surface area (TPSA) is 124 Å². The number of hydrogen-bond acceptors (Lipinski definition) is 6. The summed E-state index contributed by atoms with van der Waals surface area (Å²) in [6.45, 7) is -0.767. The van der Waals surface area contributed by atoms with E-state index in [2.05, 4.69) is 0 Å². The van der Waals surface area contributed by atoms with Gasteiger partial charge in [-0.1, -0.05) is 0 Å². The molecule has 0 saturated carbocycles. The largest absolute Gasteiger partial charge is 0.394 e. The third-order valence-electron chi connectivity index (χ3n) is 1.44. The number of hydrogen-bond donors (Lipinski definition) is 5. The monoisotopic (exact) mass is 180 g/mol. The summed E-state index contributed by atoms with van der Waals surface area (Å²) in [5.74, 6) is 0. The number of aliphatic hydroxyl groups is 4. The Morgan fingerprint density at radius 1 is 1.42 bits per heavy atom. The van der Waals surface area contributed by atoms with Crippen LogP contribution < -0.4 is 5.73 Å². The molecule has 0 aromatic rings. The maximum absolute atomic E-state index is 10.3. The molecule has 0 rings (SSSR count). The average Bonchev–Trinajstić information content (AvgIpc) is 2.12. The van der Waals surface area contributed by atoms with E-state index in [1.165, 1.54) is 0 Å². The Morgan fingerprint density at radius 3 is 2.25 bits per heavy atom. The highest BCUT2D eigenvalue weighted by Crippen LogP contribution is 2.01. The summed E-state index contributed by atoms with van der Waals surface area (Å²) >= 11 is 0. The lowest BCUT2D eigenvalue weighted by Gasteiger charge is -2.23. The molecule has 0 unspecified atom stereocenters. The molecule has 6 nitrogen and oxygen atoms in total. The van der Waals surface area contributed by atoms with Crippen molar-refractivity contribution in [1.29, 1.82) is 0 Å². The van der Waals surface area contributed by atoms with Crippen LogP contribution in [0.1, 0.15) is 1.37 Å². The molecule has 4 atom stereocenters. The number of aliphatic hydroxyl groups excluding tert-OH is 4. The van der Waals surface area contributed by atoms with Crippen LogP contribution in [0.5, 0.6) is 0 Å². The van der Waals surface area contributed by atoms with Gasteiger partial charge in [0.05, 0.1) is 12.6 Å². The van der Waals surface area contributed by atoms with Crippen LogP contribution in [0.25, 0.3) is 0 Å². The van der Waals surface area contributed by atoms with Gasteiger partial charge in [-0.2, -0.15) is 0 Å². The van der Waals surface area contributed by atoms with Gasteiger partial charge >= 0.3 is 0 Å². The van der Waals surface area contributed by atoms with Gasteiger partial charge in [0.15, 0.2) is 0 Å². The van der Waals surface area contributed by atoms with E-state index in [9.17, 15) is 4.79 Å². The minimum Gasteiger partial charge on any atom is -0.394 e. The summed E-state index contributed by atoms with van der Waals surface area (Å²) in [6.07, 6.45) is -6.33. The third-order valence-corrected chi connectivity index (χ3v) is 1.44. The molecule has 12 heavy (non-hydrogen) atoms. The highest BCUT2D eigenvalue weighted by molar-refractivity contribution is 5.58. The van der Waals surface area contributed by atoms with E-state index in [1.54, 1.807) is 0 Å². The van der Waals surface area contributed by atoms with Crippen molar-refractivity contribution in [2.24, 2.45) is 5.73 Å². The van der Waals surface area contributed by atoms with Gasteiger partial charge in [-0.05, 0) is 0 Å². The molecular weight excluding hydrogens is 166 g/mol. The number of aldehydes is 1. The summed E-state index contributed by atoms with van der Waals surface area (Å²) in [5.41, 5.74) is 5.01. The molecule has 0 aromatic heterocycles. The minimum absolute atomic E-state index is 0.767. The predicted molar refractivity (Wildman–Crippen MR) is 39.1 cm³/mol. The lowest BCUT2D eigenvalue weighted by Crippen LogP contribution is -2.49. The summed E-state index contributed by atoms with van der Waals surface area (Å²) in [4.78, 5) is 10.3. The number of carbonyl (C=O) groups is 1. The molecule has 0 aliphatic carbocycles. The van der Waals surface area contributed by atoms with Gasteiger partial charge in [-0.3, -0.25) is 0 Å². The lowest BCUT2D eigenvalue weighted by molar-refractivity contribution is -0.118. The van der Waals surface area contributed by atoms with Gasteiger partial charge in [-0.25, -0.2) is 0 Å². The molecule has 0 heterocycles. The van der Waals surface area contributed by atoms with Crippen molar-refractivity contribution in [3.8, 4) is 0 Å². The third kappa shape index (κ3) is 2.84. The summed E-state index contributed by atoms with van der Waals surface area (Å²) in [7, 11) is 0. The first-order chi connectivity index (χ1) is 5.91. The number of nitrogens with two attached hydrogens (primary N) is 1. The van der Waals surface area contributed by atoms with Crippen LogP contribution in [0.2, 0.25) is 0 Å². The van der Waals surface area contributed by atoms with Crippen molar-refractivity contribution in [3.05, 3.63) is 0 Å². The van der Waals surface area contributed by atoms with Crippen LogP contribution in [0.15, 0.2) is 0 Å². The second-order valence-electron chi connectivity index (χ2n) is 2.37. The average molecular weight is 180 g/mol. The van der Waals surface area contributed by atoms with Crippen molar-refractivity contribution < 1.29 is 26.6 Å². The Labute approximate surface area is 70.6 Å². The molecular formula is C6H13NO5.